The number of nitrogens with one attached hydrogen (secondary N) is 1. The number of amides is 1. The van der Waals surface area contributed by atoms with Gasteiger partial charge in [-0.3, -0.25) is 4.79 Å². The Morgan fingerprint density at radius 3 is 2.46 bits per heavy atom. The van der Waals surface area contributed by atoms with Gasteiger partial charge in [0.2, 0.25) is 0 Å². The van der Waals surface area contributed by atoms with E-state index in [9.17, 15) is 13.6 Å². The van der Waals surface area contributed by atoms with Gasteiger partial charge < -0.3 is 10.1 Å². The summed E-state index contributed by atoms with van der Waals surface area (Å²) in [6.07, 6.45) is 0. The highest BCUT2D eigenvalue weighted by atomic mass is 35.5. The number of ether oxygens (including phenoxy) is 1. The van der Waals surface area contributed by atoms with Gasteiger partial charge in [0, 0.05) is 16.0 Å². The van der Waals surface area contributed by atoms with E-state index >= 15 is 0 Å². The van der Waals surface area contributed by atoms with Crippen LogP contribution in [-0.2, 0) is 0 Å². The summed E-state index contributed by atoms with van der Waals surface area (Å²) in [7, 11) is 0. The first-order valence-corrected chi connectivity index (χ1v) is 7.46. The molecule has 24 heavy (non-hydrogen) atoms. The lowest BCUT2D eigenvalue weighted by Crippen LogP contribution is -2.14. The molecule has 0 aliphatic carbocycles. The molecule has 3 aromatic carbocycles. The molecular formula is C18H12ClF2NO2. The van der Waals surface area contributed by atoms with Gasteiger partial charge in [0.15, 0.2) is 0 Å². The monoisotopic (exact) mass is 347 g/mol. The van der Waals surface area contributed by atoms with Crippen molar-refractivity contribution in [3.8, 4) is 5.75 Å². The average Bonchev–Trinajstić information content (AvgIpc) is 2.56. The SMILES string of the molecule is O=C(Nc1ccccc1OC(F)F)c1cccc2c(Cl)cccc12. The van der Waals surface area contributed by atoms with Crippen LogP contribution in [0, 0.1) is 0 Å². The van der Waals surface area contributed by atoms with Crippen molar-refractivity contribution >= 4 is 34.0 Å². The average molecular weight is 348 g/mol. The molecule has 0 fully saturated rings. The van der Waals surface area contributed by atoms with Gasteiger partial charge in [-0.2, -0.15) is 8.78 Å². The van der Waals surface area contributed by atoms with Crippen molar-refractivity contribution in [3.63, 3.8) is 0 Å². The quantitative estimate of drug-likeness (QED) is 0.691. The van der Waals surface area contributed by atoms with Crippen molar-refractivity contribution < 1.29 is 18.3 Å². The summed E-state index contributed by atoms with van der Waals surface area (Å²) in [6, 6.07) is 16.4. The Bertz CT molecular complexity index is 899. The van der Waals surface area contributed by atoms with E-state index in [0.717, 1.165) is 5.39 Å². The summed E-state index contributed by atoms with van der Waals surface area (Å²) in [4.78, 5) is 12.6. The van der Waals surface area contributed by atoms with Gasteiger partial charge >= 0.3 is 6.61 Å². The predicted molar refractivity (Wildman–Crippen MR) is 90.0 cm³/mol. The zero-order chi connectivity index (χ0) is 17.1. The molecule has 0 spiro atoms. The third kappa shape index (κ3) is 3.31. The van der Waals surface area contributed by atoms with Gasteiger partial charge in [0.1, 0.15) is 5.75 Å². The number of halogens is 3. The second kappa shape index (κ2) is 6.84. The first-order valence-electron chi connectivity index (χ1n) is 7.08. The number of rotatable bonds is 4. The lowest BCUT2D eigenvalue weighted by Gasteiger charge is -2.13. The Hall–Kier alpha value is -2.66. The van der Waals surface area contributed by atoms with Crippen molar-refractivity contribution in [2.75, 3.05) is 5.32 Å². The first kappa shape index (κ1) is 16.2. The van der Waals surface area contributed by atoms with E-state index in [0.29, 0.717) is 16.0 Å². The zero-order valence-corrected chi connectivity index (χ0v) is 13.1. The highest BCUT2D eigenvalue weighted by Gasteiger charge is 2.15. The van der Waals surface area contributed by atoms with Crippen molar-refractivity contribution in [1.82, 2.24) is 0 Å². The van der Waals surface area contributed by atoms with Crippen LogP contribution < -0.4 is 10.1 Å². The highest BCUT2D eigenvalue weighted by molar-refractivity contribution is 6.36. The molecule has 0 saturated carbocycles. The molecule has 0 saturated heterocycles. The summed E-state index contributed by atoms with van der Waals surface area (Å²) in [5.74, 6) is -0.535. The van der Waals surface area contributed by atoms with E-state index < -0.39 is 12.5 Å². The maximum absolute atomic E-state index is 12.6. The minimum atomic E-state index is -2.97. The fourth-order valence-electron chi connectivity index (χ4n) is 2.43. The number of hydrogen-bond acceptors (Lipinski definition) is 2. The number of benzene rings is 3. The number of fused-ring (bicyclic) bond motifs is 1. The van der Waals surface area contributed by atoms with Crippen LogP contribution in [0.4, 0.5) is 14.5 Å². The van der Waals surface area contributed by atoms with E-state index in [1.54, 1.807) is 42.5 Å². The summed E-state index contributed by atoms with van der Waals surface area (Å²) in [5, 5.41) is 4.55. The van der Waals surface area contributed by atoms with Gasteiger partial charge in [-0.05, 0) is 29.7 Å². The smallest absolute Gasteiger partial charge is 0.387 e. The molecule has 0 unspecified atom stereocenters. The number of alkyl halides is 2. The molecule has 0 radical (unpaired) electrons. The summed E-state index contributed by atoms with van der Waals surface area (Å²) < 4.78 is 29.3. The lowest BCUT2D eigenvalue weighted by molar-refractivity contribution is -0.0493. The van der Waals surface area contributed by atoms with Gasteiger partial charge in [-0.25, -0.2) is 0 Å². The molecule has 0 aliphatic heterocycles. The minimum absolute atomic E-state index is 0.0980. The molecule has 0 bridgehead atoms. The Morgan fingerprint density at radius 2 is 1.67 bits per heavy atom. The van der Waals surface area contributed by atoms with Crippen molar-refractivity contribution in [2.45, 2.75) is 6.61 Å². The topological polar surface area (TPSA) is 38.3 Å². The fourth-order valence-corrected chi connectivity index (χ4v) is 2.67. The maximum Gasteiger partial charge on any atom is 0.387 e. The Labute approximate surface area is 141 Å². The third-order valence-corrected chi connectivity index (χ3v) is 3.79. The van der Waals surface area contributed by atoms with Gasteiger partial charge in [0.05, 0.1) is 5.69 Å². The molecule has 1 N–H and O–H groups in total. The van der Waals surface area contributed by atoms with Crippen molar-refractivity contribution in [2.24, 2.45) is 0 Å². The second-order valence-corrected chi connectivity index (χ2v) is 5.38. The highest BCUT2D eigenvalue weighted by Crippen LogP contribution is 2.29. The lowest BCUT2D eigenvalue weighted by atomic mass is 10.0. The van der Waals surface area contributed by atoms with E-state index in [2.05, 4.69) is 10.1 Å². The molecule has 1 amide bonds. The third-order valence-electron chi connectivity index (χ3n) is 3.46. The summed E-state index contributed by atoms with van der Waals surface area (Å²) in [5.41, 5.74) is 0.559. The standard InChI is InChI=1S/C18H12ClF2NO2/c19-14-8-4-5-11-12(14)6-3-7-13(11)17(23)22-15-9-1-2-10-16(15)24-18(20)21/h1-10,18H,(H,22,23). The molecule has 3 aromatic rings. The number of carbonyl (C=O) groups excluding carboxylic acids is 1. The number of hydrogen-bond donors (Lipinski definition) is 1. The minimum Gasteiger partial charge on any atom is -0.433 e. The zero-order valence-electron chi connectivity index (χ0n) is 12.3. The van der Waals surface area contributed by atoms with Gasteiger partial charge in [-0.1, -0.05) is 48.0 Å². The van der Waals surface area contributed by atoms with Crippen LogP contribution in [0.25, 0.3) is 10.8 Å². The Morgan fingerprint density at radius 1 is 0.958 bits per heavy atom. The van der Waals surface area contributed by atoms with E-state index in [4.69, 9.17) is 11.6 Å². The molecule has 122 valence electrons. The number of anilines is 1. The van der Waals surface area contributed by atoms with Crippen LogP contribution >= 0.6 is 11.6 Å². The molecule has 6 heteroatoms. The van der Waals surface area contributed by atoms with Crippen LogP contribution in [-0.4, -0.2) is 12.5 Å². The maximum atomic E-state index is 12.6. The van der Waals surface area contributed by atoms with Gasteiger partial charge in [0.25, 0.3) is 5.91 Å². The van der Waals surface area contributed by atoms with Crippen LogP contribution in [0.2, 0.25) is 5.02 Å². The molecular weight excluding hydrogens is 336 g/mol. The summed E-state index contributed by atoms with van der Waals surface area (Å²) >= 11 is 6.14. The largest absolute Gasteiger partial charge is 0.433 e. The van der Waals surface area contributed by atoms with Crippen molar-refractivity contribution in [3.05, 3.63) is 71.2 Å². The molecule has 0 atom stereocenters. The van der Waals surface area contributed by atoms with Gasteiger partial charge in [-0.15, -0.1) is 0 Å². The molecule has 0 heterocycles. The fraction of sp³-hybridized carbons (Fsp3) is 0.0556. The second-order valence-electron chi connectivity index (χ2n) is 4.97. The Kier molecular flexibility index (Phi) is 4.62. The normalized spacial score (nSPS) is 10.8. The first-order chi connectivity index (χ1) is 11.6. The number of para-hydroxylation sites is 2. The molecule has 3 rings (SSSR count). The molecule has 0 aliphatic rings. The van der Waals surface area contributed by atoms with Crippen molar-refractivity contribution in [1.29, 1.82) is 0 Å². The van der Waals surface area contributed by atoms with Crippen LogP contribution in [0.15, 0.2) is 60.7 Å². The van der Waals surface area contributed by atoms with Crippen LogP contribution in [0.5, 0.6) is 5.75 Å². The van der Waals surface area contributed by atoms with E-state index in [1.165, 1.54) is 12.1 Å². The summed E-state index contributed by atoms with van der Waals surface area (Å²) in [6.45, 7) is -2.97. The Balaban J connectivity index is 1.96. The van der Waals surface area contributed by atoms with Crippen LogP contribution in [0.3, 0.4) is 0 Å². The molecule has 3 nitrogen and oxygen atoms in total. The van der Waals surface area contributed by atoms with E-state index in [1.807, 2.05) is 6.07 Å². The number of carbonyl (C=O) groups is 1. The predicted octanol–water partition coefficient (Wildman–Crippen LogP) is 5.35. The molecule has 0 aromatic heterocycles. The van der Waals surface area contributed by atoms with Crippen LogP contribution in [0.1, 0.15) is 10.4 Å². The van der Waals surface area contributed by atoms with E-state index in [-0.39, 0.29) is 11.4 Å².